The second kappa shape index (κ2) is 6.75. The topological polar surface area (TPSA) is 46.9 Å². The van der Waals surface area contributed by atoms with E-state index in [-0.39, 0.29) is 11.6 Å². The lowest BCUT2D eigenvalue weighted by Crippen LogP contribution is -2.13. The summed E-state index contributed by atoms with van der Waals surface area (Å²) in [4.78, 5) is 12.5. The smallest absolute Gasteiger partial charge is 0.168 e. The van der Waals surface area contributed by atoms with Crippen molar-refractivity contribution in [3.8, 4) is 5.69 Å². The number of carbonyl (C=O) groups excluding carboxylic acids is 1. The van der Waals surface area contributed by atoms with Gasteiger partial charge >= 0.3 is 0 Å². The molecule has 5 heteroatoms. The van der Waals surface area contributed by atoms with Gasteiger partial charge in [0.1, 0.15) is 5.82 Å². The van der Waals surface area contributed by atoms with E-state index in [0.717, 1.165) is 36.3 Å². The second-order valence-corrected chi connectivity index (χ2v) is 6.51. The molecule has 1 aliphatic rings. The van der Waals surface area contributed by atoms with Crippen molar-refractivity contribution in [2.75, 3.05) is 5.32 Å². The Kier molecular flexibility index (Phi) is 4.29. The average molecular weight is 349 g/mol. The second-order valence-electron chi connectivity index (χ2n) is 6.51. The van der Waals surface area contributed by atoms with E-state index in [9.17, 15) is 9.18 Å². The van der Waals surface area contributed by atoms with Gasteiger partial charge in [0.2, 0.25) is 0 Å². The fourth-order valence-electron chi connectivity index (χ4n) is 3.36. The number of nitrogens with zero attached hydrogens (tertiary/aromatic N) is 2. The third-order valence-corrected chi connectivity index (χ3v) is 4.77. The first-order valence-corrected chi connectivity index (χ1v) is 8.92. The van der Waals surface area contributed by atoms with Crippen molar-refractivity contribution in [2.24, 2.45) is 0 Å². The Hall–Kier alpha value is -2.95. The minimum Gasteiger partial charge on any atom is -0.338 e. The van der Waals surface area contributed by atoms with Crippen molar-refractivity contribution in [1.82, 2.24) is 9.78 Å². The van der Waals surface area contributed by atoms with E-state index in [4.69, 9.17) is 0 Å². The first-order valence-electron chi connectivity index (χ1n) is 8.92. The number of aryl methyl sites for hydroxylation is 1. The number of ketones is 1. The molecule has 132 valence electrons. The normalized spacial score (nSPS) is 13.5. The molecule has 1 aromatic heterocycles. The van der Waals surface area contributed by atoms with Crippen molar-refractivity contribution in [3.05, 3.63) is 71.2 Å². The molecule has 0 unspecified atom stereocenters. The van der Waals surface area contributed by atoms with Crippen LogP contribution in [-0.4, -0.2) is 15.6 Å². The van der Waals surface area contributed by atoms with Gasteiger partial charge in [-0.3, -0.25) is 4.79 Å². The largest absolute Gasteiger partial charge is 0.338 e. The van der Waals surface area contributed by atoms with Gasteiger partial charge < -0.3 is 5.32 Å². The number of hydrogen-bond donors (Lipinski definition) is 1. The molecule has 1 heterocycles. The summed E-state index contributed by atoms with van der Waals surface area (Å²) in [5.74, 6) is 0.380. The maximum atomic E-state index is 13.3. The molecule has 0 amide bonds. The third kappa shape index (κ3) is 3.01. The Bertz CT molecular complexity index is 943. The van der Waals surface area contributed by atoms with E-state index in [0.29, 0.717) is 17.8 Å². The summed E-state index contributed by atoms with van der Waals surface area (Å²) in [6.45, 7) is 2.11. The molecule has 4 nitrogen and oxygen atoms in total. The molecule has 0 saturated heterocycles. The fourth-order valence-corrected chi connectivity index (χ4v) is 3.36. The van der Waals surface area contributed by atoms with E-state index in [1.807, 2.05) is 12.1 Å². The van der Waals surface area contributed by atoms with E-state index < -0.39 is 0 Å². The molecule has 0 aliphatic heterocycles. The van der Waals surface area contributed by atoms with Gasteiger partial charge in [-0.2, -0.15) is 0 Å². The summed E-state index contributed by atoms with van der Waals surface area (Å²) in [6.07, 6.45) is 3.10. The number of fused-ring (bicyclic) bond motifs is 1. The van der Waals surface area contributed by atoms with Crippen LogP contribution < -0.4 is 5.32 Å². The van der Waals surface area contributed by atoms with Crippen LogP contribution in [0.4, 0.5) is 15.9 Å². The number of aromatic nitrogens is 2. The number of halogens is 1. The Morgan fingerprint density at radius 3 is 2.50 bits per heavy atom. The quantitative estimate of drug-likeness (QED) is 0.733. The predicted molar refractivity (Wildman–Crippen MR) is 99.9 cm³/mol. The number of carbonyl (C=O) groups is 1. The molecular weight excluding hydrogens is 329 g/mol. The molecule has 0 fully saturated rings. The van der Waals surface area contributed by atoms with Crippen LogP contribution in [-0.2, 0) is 12.8 Å². The van der Waals surface area contributed by atoms with E-state index in [2.05, 4.69) is 29.5 Å². The van der Waals surface area contributed by atoms with Gasteiger partial charge in [0, 0.05) is 12.1 Å². The monoisotopic (exact) mass is 349 g/mol. The Morgan fingerprint density at radius 1 is 1.08 bits per heavy atom. The summed E-state index contributed by atoms with van der Waals surface area (Å²) in [5, 5.41) is 7.93. The summed E-state index contributed by atoms with van der Waals surface area (Å²) in [6, 6.07) is 14.3. The van der Waals surface area contributed by atoms with Crippen LogP contribution in [0.5, 0.6) is 0 Å². The van der Waals surface area contributed by atoms with Gasteiger partial charge in [-0.05, 0) is 61.2 Å². The number of nitrogens with one attached hydrogen (secondary N) is 1. The van der Waals surface area contributed by atoms with Crippen LogP contribution in [0.2, 0.25) is 0 Å². The van der Waals surface area contributed by atoms with Crippen molar-refractivity contribution < 1.29 is 9.18 Å². The van der Waals surface area contributed by atoms with Gasteiger partial charge in [-0.25, -0.2) is 9.07 Å². The minimum absolute atomic E-state index is 0.104. The van der Waals surface area contributed by atoms with Crippen LogP contribution in [0.3, 0.4) is 0 Å². The highest BCUT2D eigenvalue weighted by Gasteiger charge is 2.27. The van der Waals surface area contributed by atoms with E-state index in [1.54, 1.807) is 16.8 Å². The Morgan fingerprint density at radius 2 is 1.81 bits per heavy atom. The molecule has 0 bridgehead atoms. The first kappa shape index (κ1) is 16.5. The van der Waals surface area contributed by atoms with Gasteiger partial charge in [0.15, 0.2) is 11.6 Å². The molecule has 4 rings (SSSR count). The van der Waals surface area contributed by atoms with Crippen molar-refractivity contribution in [3.63, 3.8) is 0 Å². The van der Waals surface area contributed by atoms with Crippen molar-refractivity contribution in [2.45, 2.75) is 32.6 Å². The Balaban J connectivity index is 1.76. The van der Waals surface area contributed by atoms with Crippen molar-refractivity contribution in [1.29, 1.82) is 0 Å². The average Bonchev–Trinajstić information content (AvgIpc) is 3.03. The number of benzene rings is 2. The first-order chi connectivity index (χ1) is 12.7. The molecular formula is C21H20FN3O. The standard InChI is InChI=1S/C21H20FN3O/c1-2-14-6-10-16(11-7-14)23-21-20-18(4-3-5-19(20)26)25(24-21)17-12-8-15(22)9-13-17/h6-13H,2-5H2,1H3,(H,23,24). The highest BCUT2D eigenvalue weighted by atomic mass is 19.1. The molecule has 1 aliphatic carbocycles. The number of anilines is 2. The van der Waals surface area contributed by atoms with Gasteiger partial charge in [-0.15, -0.1) is 5.10 Å². The number of Topliss-reactive ketones (excluding diaryl/α,β-unsaturated/α-hetero) is 1. The third-order valence-electron chi connectivity index (χ3n) is 4.77. The minimum atomic E-state index is -0.291. The summed E-state index contributed by atoms with van der Waals surface area (Å²) >= 11 is 0. The molecule has 1 N–H and O–H groups in total. The molecule has 3 aromatic rings. The zero-order valence-corrected chi connectivity index (χ0v) is 14.6. The molecule has 0 saturated carbocycles. The molecule has 26 heavy (non-hydrogen) atoms. The van der Waals surface area contributed by atoms with E-state index >= 15 is 0 Å². The van der Waals surface area contributed by atoms with Crippen LogP contribution in [0.15, 0.2) is 48.5 Å². The van der Waals surface area contributed by atoms with Crippen molar-refractivity contribution >= 4 is 17.3 Å². The Labute approximate surface area is 151 Å². The van der Waals surface area contributed by atoms with Gasteiger partial charge in [0.25, 0.3) is 0 Å². The highest BCUT2D eigenvalue weighted by Crippen LogP contribution is 2.31. The lowest BCUT2D eigenvalue weighted by Gasteiger charge is -2.13. The summed E-state index contributed by atoms with van der Waals surface area (Å²) in [7, 11) is 0. The molecule has 2 aromatic carbocycles. The highest BCUT2D eigenvalue weighted by molar-refractivity contribution is 6.03. The molecule has 0 atom stereocenters. The summed E-state index contributed by atoms with van der Waals surface area (Å²) < 4.78 is 15.0. The van der Waals surface area contributed by atoms with Gasteiger partial charge in [0.05, 0.1) is 16.9 Å². The zero-order chi connectivity index (χ0) is 18.1. The maximum absolute atomic E-state index is 13.3. The van der Waals surface area contributed by atoms with Gasteiger partial charge in [-0.1, -0.05) is 19.1 Å². The van der Waals surface area contributed by atoms with Crippen LogP contribution in [0.1, 0.15) is 41.4 Å². The van der Waals surface area contributed by atoms with Crippen LogP contribution in [0, 0.1) is 5.82 Å². The number of rotatable bonds is 4. The van der Waals surface area contributed by atoms with E-state index in [1.165, 1.54) is 17.7 Å². The number of hydrogen-bond acceptors (Lipinski definition) is 3. The molecule has 0 spiro atoms. The lowest BCUT2D eigenvalue weighted by atomic mass is 9.95. The molecule has 0 radical (unpaired) electrons. The SMILES string of the molecule is CCc1ccc(Nc2nn(-c3ccc(F)cc3)c3c2C(=O)CCC3)cc1. The zero-order valence-electron chi connectivity index (χ0n) is 14.6. The van der Waals surface area contributed by atoms with Crippen LogP contribution >= 0.6 is 0 Å². The predicted octanol–water partition coefficient (Wildman–Crippen LogP) is 4.84. The lowest BCUT2D eigenvalue weighted by molar-refractivity contribution is 0.0973. The maximum Gasteiger partial charge on any atom is 0.168 e. The fraction of sp³-hybridized carbons (Fsp3) is 0.238. The van der Waals surface area contributed by atoms with Crippen LogP contribution in [0.25, 0.3) is 5.69 Å². The summed E-state index contributed by atoms with van der Waals surface area (Å²) in [5.41, 5.74) is 4.45.